The fourth-order valence-corrected chi connectivity index (χ4v) is 2.12. The number of nitrogens with zero attached hydrogens (tertiary/aromatic N) is 2. The molecule has 0 spiro atoms. The lowest BCUT2D eigenvalue weighted by molar-refractivity contribution is 0.140. The van der Waals surface area contributed by atoms with Gasteiger partial charge in [-0.25, -0.2) is 9.36 Å². The van der Waals surface area contributed by atoms with Crippen molar-refractivity contribution in [3.63, 3.8) is 0 Å². The molecule has 0 atom stereocenters. The molecule has 0 radical (unpaired) electrons. The van der Waals surface area contributed by atoms with Gasteiger partial charge in [-0.3, -0.25) is 9.78 Å². The second-order valence-electron chi connectivity index (χ2n) is 4.90. The third-order valence-electron chi connectivity index (χ3n) is 3.33. The highest BCUT2D eigenvalue weighted by molar-refractivity contribution is 5.70. The molecule has 5 heteroatoms. The van der Waals surface area contributed by atoms with E-state index in [0.29, 0.717) is 0 Å². The lowest BCUT2D eigenvalue weighted by Gasteiger charge is -2.07. The van der Waals surface area contributed by atoms with Crippen molar-refractivity contribution in [1.82, 2.24) is 9.55 Å². The van der Waals surface area contributed by atoms with E-state index in [4.69, 9.17) is 4.74 Å². The van der Waals surface area contributed by atoms with Crippen molar-refractivity contribution < 1.29 is 9.53 Å². The molecule has 114 valence electrons. The average molecular weight is 306 g/mol. The molecule has 0 unspecified atom stereocenters. The highest BCUT2D eigenvalue weighted by Gasteiger charge is 2.07. The van der Waals surface area contributed by atoms with Crippen molar-refractivity contribution in [2.24, 2.45) is 0 Å². The third kappa shape index (κ3) is 3.52. The van der Waals surface area contributed by atoms with Gasteiger partial charge >= 0.3 is 6.09 Å². The molecular weight excluding hydrogens is 292 g/mol. The molecule has 5 nitrogen and oxygen atoms in total. The molecule has 2 aromatic heterocycles. The third-order valence-corrected chi connectivity index (χ3v) is 3.33. The van der Waals surface area contributed by atoms with Gasteiger partial charge in [0.15, 0.2) is 0 Å². The number of benzene rings is 1. The van der Waals surface area contributed by atoms with Crippen LogP contribution in [0.2, 0.25) is 0 Å². The molecule has 0 saturated carbocycles. The lowest BCUT2D eigenvalue weighted by Crippen LogP contribution is -2.26. The minimum atomic E-state index is -0.688. The van der Waals surface area contributed by atoms with Gasteiger partial charge in [0.1, 0.15) is 6.61 Å². The van der Waals surface area contributed by atoms with Crippen LogP contribution >= 0.6 is 0 Å². The molecule has 0 saturated heterocycles. The van der Waals surface area contributed by atoms with E-state index in [1.807, 2.05) is 36.4 Å². The fraction of sp³-hybridized carbons (Fsp3) is 0.0556. The van der Waals surface area contributed by atoms with Crippen LogP contribution in [0.5, 0.6) is 0 Å². The SMILES string of the molecule is O=C(OCc1ccc(-c2cccnc2)cc1)n1ccccc1=O. The van der Waals surface area contributed by atoms with Crippen LogP contribution in [-0.4, -0.2) is 15.6 Å². The molecule has 0 aliphatic rings. The molecule has 2 heterocycles. The zero-order valence-electron chi connectivity index (χ0n) is 12.3. The van der Waals surface area contributed by atoms with Crippen molar-refractivity contribution in [1.29, 1.82) is 0 Å². The van der Waals surface area contributed by atoms with Crippen LogP contribution < -0.4 is 5.56 Å². The van der Waals surface area contributed by atoms with Crippen LogP contribution in [0.3, 0.4) is 0 Å². The van der Waals surface area contributed by atoms with Gasteiger partial charge in [0.2, 0.25) is 0 Å². The highest BCUT2D eigenvalue weighted by Crippen LogP contribution is 2.18. The Balaban J connectivity index is 1.66. The van der Waals surface area contributed by atoms with Crippen molar-refractivity contribution in [2.45, 2.75) is 6.61 Å². The van der Waals surface area contributed by atoms with Gasteiger partial charge in [0, 0.05) is 24.7 Å². The molecule has 0 amide bonds. The molecule has 0 aliphatic heterocycles. The summed E-state index contributed by atoms with van der Waals surface area (Å²) in [6.07, 6.45) is 4.21. The van der Waals surface area contributed by atoms with Gasteiger partial charge < -0.3 is 4.74 Å². The molecule has 3 aromatic rings. The predicted molar refractivity (Wildman–Crippen MR) is 86.0 cm³/mol. The second kappa shape index (κ2) is 6.70. The molecule has 0 bridgehead atoms. The van der Waals surface area contributed by atoms with Crippen molar-refractivity contribution in [3.05, 3.63) is 89.1 Å². The Morgan fingerprint density at radius 2 is 1.83 bits per heavy atom. The fourth-order valence-electron chi connectivity index (χ4n) is 2.12. The summed E-state index contributed by atoms with van der Waals surface area (Å²) < 4.78 is 6.09. The summed E-state index contributed by atoms with van der Waals surface area (Å²) in [4.78, 5) is 27.5. The number of pyridine rings is 2. The molecule has 3 rings (SSSR count). The summed E-state index contributed by atoms with van der Waals surface area (Å²) in [6, 6.07) is 16.0. The van der Waals surface area contributed by atoms with E-state index in [0.717, 1.165) is 21.3 Å². The summed E-state index contributed by atoms with van der Waals surface area (Å²) in [5.74, 6) is 0. The van der Waals surface area contributed by atoms with Crippen molar-refractivity contribution in [3.8, 4) is 11.1 Å². The minimum Gasteiger partial charge on any atom is -0.444 e. The van der Waals surface area contributed by atoms with E-state index in [1.54, 1.807) is 24.5 Å². The first-order chi connectivity index (χ1) is 11.2. The minimum absolute atomic E-state index is 0.105. The number of aromatic nitrogens is 2. The largest absolute Gasteiger partial charge is 0.444 e. The average Bonchev–Trinajstić information content (AvgIpc) is 2.61. The van der Waals surface area contributed by atoms with Crippen LogP contribution in [-0.2, 0) is 11.3 Å². The van der Waals surface area contributed by atoms with E-state index in [1.165, 1.54) is 12.3 Å². The quantitative estimate of drug-likeness (QED) is 0.746. The Morgan fingerprint density at radius 1 is 1.00 bits per heavy atom. The maximum absolute atomic E-state index is 11.9. The van der Waals surface area contributed by atoms with Gasteiger partial charge in [-0.1, -0.05) is 36.4 Å². The maximum Gasteiger partial charge on any atom is 0.421 e. The number of rotatable bonds is 3. The molecule has 23 heavy (non-hydrogen) atoms. The first kappa shape index (κ1) is 14.7. The monoisotopic (exact) mass is 306 g/mol. The second-order valence-corrected chi connectivity index (χ2v) is 4.90. The zero-order valence-corrected chi connectivity index (χ0v) is 12.3. The normalized spacial score (nSPS) is 10.3. The molecule has 1 aromatic carbocycles. The van der Waals surface area contributed by atoms with Crippen LogP contribution in [0.25, 0.3) is 11.1 Å². The summed E-state index contributed by atoms with van der Waals surface area (Å²) in [6.45, 7) is 0.105. The first-order valence-electron chi connectivity index (χ1n) is 7.08. The summed E-state index contributed by atoms with van der Waals surface area (Å²) in [7, 11) is 0. The van der Waals surface area contributed by atoms with Crippen LogP contribution in [0.4, 0.5) is 4.79 Å². The van der Waals surface area contributed by atoms with Gasteiger partial charge in [-0.15, -0.1) is 0 Å². The Labute approximate surface area is 132 Å². The topological polar surface area (TPSA) is 61.2 Å². The van der Waals surface area contributed by atoms with E-state index >= 15 is 0 Å². The van der Waals surface area contributed by atoms with Crippen LogP contribution in [0.15, 0.2) is 78.0 Å². The Bertz CT molecular complexity index is 855. The van der Waals surface area contributed by atoms with Gasteiger partial charge in [0.25, 0.3) is 5.56 Å². The number of carbonyl (C=O) groups is 1. The van der Waals surface area contributed by atoms with Crippen molar-refractivity contribution in [2.75, 3.05) is 0 Å². The number of hydrogen-bond acceptors (Lipinski definition) is 4. The smallest absolute Gasteiger partial charge is 0.421 e. The van der Waals surface area contributed by atoms with E-state index < -0.39 is 11.7 Å². The number of ether oxygens (including phenoxy) is 1. The Hall–Kier alpha value is -3.21. The Morgan fingerprint density at radius 3 is 2.52 bits per heavy atom. The van der Waals surface area contributed by atoms with Crippen LogP contribution in [0, 0.1) is 0 Å². The van der Waals surface area contributed by atoms with Gasteiger partial charge in [-0.2, -0.15) is 0 Å². The number of carbonyl (C=O) groups excluding carboxylic acids is 1. The molecule has 0 N–H and O–H groups in total. The zero-order chi connectivity index (χ0) is 16.1. The summed E-state index contributed by atoms with van der Waals surface area (Å²) in [5.41, 5.74) is 2.48. The van der Waals surface area contributed by atoms with E-state index in [2.05, 4.69) is 4.98 Å². The summed E-state index contributed by atoms with van der Waals surface area (Å²) >= 11 is 0. The maximum atomic E-state index is 11.9. The molecule has 0 aliphatic carbocycles. The standard InChI is InChI=1S/C18H14N2O3/c21-17-5-1-2-11-20(17)18(22)23-13-14-6-8-15(9-7-14)16-4-3-10-19-12-16/h1-12H,13H2. The summed E-state index contributed by atoms with van der Waals surface area (Å²) in [5, 5.41) is 0. The lowest BCUT2D eigenvalue weighted by atomic mass is 10.1. The number of hydrogen-bond donors (Lipinski definition) is 0. The first-order valence-corrected chi connectivity index (χ1v) is 7.08. The highest BCUT2D eigenvalue weighted by atomic mass is 16.5. The van der Waals surface area contributed by atoms with E-state index in [9.17, 15) is 9.59 Å². The van der Waals surface area contributed by atoms with Gasteiger partial charge in [0.05, 0.1) is 0 Å². The predicted octanol–water partition coefficient (Wildman–Crippen LogP) is 3.10. The Kier molecular flexibility index (Phi) is 4.29. The van der Waals surface area contributed by atoms with Crippen molar-refractivity contribution >= 4 is 6.09 Å². The van der Waals surface area contributed by atoms with Gasteiger partial charge in [-0.05, 0) is 28.8 Å². The van der Waals surface area contributed by atoms with Crippen LogP contribution in [0.1, 0.15) is 5.56 Å². The molecule has 0 fully saturated rings. The molecular formula is C18H14N2O3. The van der Waals surface area contributed by atoms with E-state index in [-0.39, 0.29) is 6.61 Å².